The van der Waals surface area contributed by atoms with Crippen LogP contribution in [-0.2, 0) is 0 Å². The van der Waals surface area contributed by atoms with Crippen LogP contribution in [0.4, 0.5) is 11.5 Å². The van der Waals surface area contributed by atoms with Crippen LogP contribution in [0, 0.1) is 6.92 Å². The summed E-state index contributed by atoms with van der Waals surface area (Å²) in [4.78, 5) is 4.73. The molecule has 1 aliphatic rings. The average Bonchev–Trinajstić information content (AvgIpc) is 3.20. The van der Waals surface area contributed by atoms with E-state index >= 15 is 0 Å². The SMILES string of the molecule is Cc1cc2nc(Nc3ccc4c(c3)OCO4)c3ccccc3n2n1. The van der Waals surface area contributed by atoms with Gasteiger partial charge in [-0.05, 0) is 31.2 Å². The highest BCUT2D eigenvalue weighted by Crippen LogP contribution is 2.35. The van der Waals surface area contributed by atoms with Crippen LogP contribution in [0.5, 0.6) is 11.5 Å². The van der Waals surface area contributed by atoms with E-state index in [1.807, 2.05) is 60.0 Å². The molecule has 24 heavy (non-hydrogen) atoms. The summed E-state index contributed by atoms with van der Waals surface area (Å²) < 4.78 is 12.7. The van der Waals surface area contributed by atoms with Gasteiger partial charge < -0.3 is 14.8 Å². The quantitative estimate of drug-likeness (QED) is 0.611. The van der Waals surface area contributed by atoms with Crippen molar-refractivity contribution in [2.24, 2.45) is 0 Å². The van der Waals surface area contributed by atoms with Crippen molar-refractivity contribution in [2.75, 3.05) is 12.1 Å². The lowest BCUT2D eigenvalue weighted by molar-refractivity contribution is 0.174. The van der Waals surface area contributed by atoms with Gasteiger partial charge in [-0.15, -0.1) is 0 Å². The molecule has 1 N–H and O–H groups in total. The van der Waals surface area contributed by atoms with Crippen LogP contribution in [0.15, 0.2) is 48.5 Å². The van der Waals surface area contributed by atoms with Gasteiger partial charge in [0.1, 0.15) is 5.82 Å². The number of hydrogen-bond acceptors (Lipinski definition) is 5. The van der Waals surface area contributed by atoms with E-state index in [4.69, 9.17) is 14.5 Å². The third-order valence-corrected chi connectivity index (χ3v) is 4.06. The van der Waals surface area contributed by atoms with Crippen molar-refractivity contribution in [3.63, 3.8) is 0 Å². The van der Waals surface area contributed by atoms with Crippen LogP contribution in [0.3, 0.4) is 0 Å². The number of aromatic nitrogens is 3. The highest BCUT2D eigenvalue weighted by atomic mass is 16.7. The number of rotatable bonds is 2. The van der Waals surface area contributed by atoms with Gasteiger partial charge >= 0.3 is 0 Å². The van der Waals surface area contributed by atoms with Crippen molar-refractivity contribution in [3.8, 4) is 11.5 Å². The highest BCUT2D eigenvalue weighted by molar-refractivity contribution is 5.93. The Morgan fingerprint density at radius 3 is 2.88 bits per heavy atom. The van der Waals surface area contributed by atoms with Gasteiger partial charge in [-0.1, -0.05) is 12.1 Å². The average molecular weight is 318 g/mol. The minimum atomic E-state index is 0.265. The zero-order valence-corrected chi connectivity index (χ0v) is 13.0. The Hall–Kier alpha value is -3.28. The van der Waals surface area contributed by atoms with E-state index in [1.165, 1.54) is 0 Å². The number of fused-ring (bicyclic) bond motifs is 4. The number of nitrogens with zero attached hydrogens (tertiary/aromatic N) is 3. The first kappa shape index (κ1) is 13.2. The summed E-state index contributed by atoms with van der Waals surface area (Å²) >= 11 is 0. The zero-order valence-electron chi connectivity index (χ0n) is 13.0. The van der Waals surface area contributed by atoms with E-state index in [0.29, 0.717) is 0 Å². The summed E-state index contributed by atoms with van der Waals surface area (Å²) in [6, 6.07) is 15.8. The molecule has 1 aliphatic heterocycles. The molecule has 6 heteroatoms. The Labute approximate surface area is 137 Å². The lowest BCUT2D eigenvalue weighted by atomic mass is 10.2. The summed E-state index contributed by atoms with van der Waals surface area (Å²) in [5.74, 6) is 2.29. The molecule has 0 atom stereocenters. The number of ether oxygens (including phenoxy) is 2. The molecular formula is C18H14N4O2. The molecule has 4 aromatic rings. The second kappa shape index (κ2) is 4.86. The number of nitrogens with one attached hydrogen (secondary N) is 1. The highest BCUT2D eigenvalue weighted by Gasteiger charge is 2.15. The van der Waals surface area contributed by atoms with Crippen LogP contribution in [0.25, 0.3) is 16.6 Å². The van der Waals surface area contributed by atoms with Gasteiger partial charge in [0.2, 0.25) is 6.79 Å². The van der Waals surface area contributed by atoms with Crippen molar-refractivity contribution in [2.45, 2.75) is 6.92 Å². The number of anilines is 2. The lowest BCUT2D eigenvalue weighted by Gasteiger charge is -2.10. The molecule has 6 nitrogen and oxygen atoms in total. The Morgan fingerprint density at radius 2 is 1.92 bits per heavy atom. The first-order valence-electron chi connectivity index (χ1n) is 7.70. The van der Waals surface area contributed by atoms with Crippen LogP contribution < -0.4 is 14.8 Å². The van der Waals surface area contributed by atoms with Crippen LogP contribution in [-0.4, -0.2) is 21.4 Å². The number of aryl methyl sites for hydroxylation is 1. The fourth-order valence-corrected chi connectivity index (χ4v) is 2.98. The largest absolute Gasteiger partial charge is 0.454 e. The maximum atomic E-state index is 5.44. The number of para-hydroxylation sites is 1. The molecule has 118 valence electrons. The van der Waals surface area contributed by atoms with E-state index in [2.05, 4.69) is 10.4 Å². The van der Waals surface area contributed by atoms with E-state index in [9.17, 15) is 0 Å². The second-order valence-corrected chi connectivity index (χ2v) is 5.73. The molecule has 0 bridgehead atoms. The van der Waals surface area contributed by atoms with Crippen molar-refractivity contribution < 1.29 is 9.47 Å². The summed E-state index contributed by atoms with van der Waals surface area (Å²) in [6.45, 7) is 2.23. The Bertz CT molecular complexity index is 1090. The molecule has 0 unspecified atom stereocenters. The van der Waals surface area contributed by atoms with E-state index in [1.54, 1.807) is 0 Å². The predicted octanol–water partition coefficient (Wildman–Crippen LogP) is 3.66. The molecule has 3 heterocycles. The fraction of sp³-hybridized carbons (Fsp3) is 0.111. The normalized spacial score (nSPS) is 12.9. The van der Waals surface area contributed by atoms with Crippen LogP contribution in [0.1, 0.15) is 5.69 Å². The van der Waals surface area contributed by atoms with Gasteiger partial charge in [-0.2, -0.15) is 5.10 Å². The molecule has 0 saturated heterocycles. The molecular weight excluding hydrogens is 304 g/mol. The van der Waals surface area contributed by atoms with Gasteiger partial charge in [0.25, 0.3) is 0 Å². The Kier molecular flexibility index (Phi) is 2.67. The molecule has 0 saturated carbocycles. The molecule has 5 rings (SSSR count). The standard InChI is InChI=1S/C18H14N4O2/c1-11-8-17-20-18(13-4-2-3-5-14(13)22(17)21-11)19-12-6-7-15-16(9-12)24-10-23-15/h2-9H,10H2,1H3,(H,19,20). The topological polar surface area (TPSA) is 60.7 Å². The smallest absolute Gasteiger partial charge is 0.231 e. The van der Waals surface area contributed by atoms with Gasteiger partial charge in [0.15, 0.2) is 17.1 Å². The monoisotopic (exact) mass is 318 g/mol. The third-order valence-electron chi connectivity index (χ3n) is 4.06. The van der Waals surface area contributed by atoms with Crippen LogP contribution >= 0.6 is 0 Å². The molecule has 0 fully saturated rings. The Balaban J connectivity index is 1.67. The molecule has 2 aromatic carbocycles. The van der Waals surface area contributed by atoms with Crippen molar-refractivity contribution in [1.82, 2.24) is 14.6 Å². The predicted molar refractivity (Wildman–Crippen MR) is 91.1 cm³/mol. The summed E-state index contributed by atoms with van der Waals surface area (Å²) in [5, 5.41) is 8.92. The minimum absolute atomic E-state index is 0.265. The van der Waals surface area contributed by atoms with Crippen molar-refractivity contribution >= 4 is 28.1 Å². The second-order valence-electron chi connectivity index (χ2n) is 5.73. The molecule has 0 aliphatic carbocycles. The van der Waals surface area contributed by atoms with Gasteiger partial charge in [-0.25, -0.2) is 9.50 Å². The lowest BCUT2D eigenvalue weighted by Crippen LogP contribution is -2.00. The minimum Gasteiger partial charge on any atom is -0.454 e. The summed E-state index contributed by atoms with van der Waals surface area (Å²) in [5.41, 5.74) is 3.67. The van der Waals surface area contributed by atoms with Crippen molar-refractivity contribution in [3.05, 3.63) is 54.2 Å². The van der Waals surface area contributed by atoms with E-state index in [0.717, 1.165) is 45.2 Å². The first-order chi connectivity index (χ1) is 11.8. The van der Waals surface area contributed by atoms with E-state index < -0.39 is 0 Å². The number of benzene rings is 2. The third kappa shape index (κ3) is 1.96. The van der Waals surface area contributed by atoms with Gasteiger partial charge in [0.05, 0.1) is 11.2 Å². The van der Waals surface area contributed by atoms with Gasteiger partial charge in [0, 0.05) is 23.2 Å². The van der Waals surface area contributed by atoms with Crippen LogP contribution in [0.2, 0.25) is 0 Å². The summed E-state index contributed by atoms with van der Waals surface area (Å²) in [7, 11) is 0. The fourth-order valence-electron chi connectivity index (χ4n) is 2.98. The molecule has 0 radical (unpaired) electrons. The Morgan fingerprint density at radius 1 is 1.04 bits per heavy atom. The number of hydrogen-bond donors (Lipinski definition) is 1. The van der Waals surface area contributed by atoms with Gasteiger partial charge in [-0.3, -0.25) is 0 Å². The molecule has 0 amide bonds. The maximum absolute atomic E-state index is 5.44. The van der Waals surface area contributed by atoms with E-state index in [-0.39, 0.29) is 6.79 Å². The summed E-state index contributed by atoms with van der Waals surface area (Å²) in [6.07, 6.45) is 0. The maximum Gasteiger partial charge on any atom is 0.231 e. The molecule has 2 aromatic heterocycles. The zero-order chi connectivity index (χ0) is 16.1. The molecule has 0 spiro atoms. The first-order valence-corrected chi connectivity index (χ1v) is 7.70. The van der Waals surface area contributed by atoms with Crippen molar-refractivity contribution in [1.29, 1.82) is 0 Å².